The molecule has 0 radical (unpaired) electrons. The van der Waals surface area contributed by atoms with Gasteiger partial charge in [0.2, 0.25) is 5.91 Å². The molecule has 17 heavy (non-hydrogen) atoms. The number of unbranched alkanes of at least 4 members (excludes halogenated alkanes) is 1. The molecule has 0 spiro atoms. The fourth-order valence-corrected chi connectivity index (χ4v) is 1.43. The highest BCUT2D eigenvalue weighted by Crippen LogP contribution is 2.08. The van der Waals surface area contributed by atoms with Crippen LogP contribution in [0.1, 0.15) is 25.7 Å². The van der Waals surface area contributed by atoms with Gasteiger partial charge in [-0.3, -0.25) is 14.5 Å². The predicted octanol–water partition coefficient (Wildman–Crippen LogP) is -0.489. The fourth-order valence-electron chi connectivity index (χ4n) is 1.43. The van der Waals surface area contributed by atoms with E-state index in [1.54, 1.807) is 0 Å². The number of β-lactam (4-membered cyclic amide) rings is 1. The number of carbonyl (C=O) groups is 3. The summed E-state index contributed by atoms with van der Waals surface area (Å²) in [5, 5.41) is 11.1. The summed E-state index contributed by atoms with van der Waals surface area (Å²) < 4.78 is 0. The SMILES string of the molecule is N[C@@H](CCCCNC(=O)N1CCC1=O)C(=O)O. The Balaban J connectivity index is 2.02. The third-order valence-corrected chi connectivity index (χ3v) is 2.63. The topological polar surface area (TPSA) is 113 Å². The van der Waals surface area contributed by atoms with Gasteiger partial charge in [0.1, 0.15) is 6.04 Å². The zero-order chi connectivity index (χ0) is 12.8. The lowest BCUT2D eigenvalue weighted by Crippen LogP contribution is -2.52. The van der Waals surface area contributed by atoms with Crippen molar-refractivity contribution < 1.29 is 19.5 Å². The lowest BCUT2D eigenvalue weighted by Gasteiger charge is -2.28. The van der Waals surface area contributed by atoms with Crippen molar-refractivity contribution in [2.45, 2.75) is 31.7 Å². The number of carboxylic acids is 1. The van der Waals surface area contributed by atoms with Crippen LogP contribution in [-0.2, 0) is 9.59 Å². The first kappa shape index (κ1) is 13.4. The van der Waals surface area contributed by atoms with Crippen molar-refractivity contribution in [3.05, 3.63) is 0 Å². The zero-order valence-corrected chi connectivity index (χ0v) is 9.52. The van der Waals surface area contributed by atoms with E-state index in [-0.39, 0.29) is 11.9 Å². The zero-order valence-electron chi connectivity index (χ0n) is 9.52. The lowest BCUT2D eigenvalue weighted by molar-refractivity contribution is -0.139. The highest BCUT2D eigenvalue weighted by atomic mass is 16.4. The third kappa shape index (κ3) is 4.03. The van der Waals surface area contributed by atoms with E-state index >= 15 is 0 Å². The first-order valence-corrected chi connectivity index (χ1v) is 5.59. The van der Waals surface area contributed by atoms with Crippen LogP contribution in [0.5, 0.6) is 0 Å². The van der Waals surface area contributed by atoms with Crippen molar-refractivity contribution in [2.24, 2.45) is 5.73 Å². The molecule has 0 aromatic carbocycles. The number of nitrogens with one attached hydrogen (secondary N) is 1. The molecule has 1 atom stereocenters. The minimum Gasteiger partial charge on any atom is -0.480 e. The average Bonchev–Trinajstić information content (AvgIpc) is 2.26. The number of aliphatic carboxylic acids is 1. The second-order valence-corrected chi connectivity index (χ2v) is 3.97. The molecule has 1 heterocycles. The minimum atomic E-state index is -1.01. The molecule has 7 heteroatoms. The van der Waals surface area contributed by atoms with Crippen molar-refractivity contribution in [2.75, 3.05) is 13.1 Å². The summed E-state index contributed by atoms with van der Waals surface area (Å²) in [5.41, 5.74) is 5.32. The van der Waals surface area contributed by atoms with Crippen molar-refractivity contribution in [3.63, 3.8) is 0 Å². The van der Waals surface area contributed by atoms with Crippen LogP contribution in [0, 0.1) is 0 Å². The number of hydrogen-bond acceptors (Lipinski definition) is 4. The lowest BCUT2D eigenvalue weighted by atomic mass is 10.1. The maximum atomic E-state index is 11.3. The van der Waals surface area contributed by atoms with Gasteiger partial charge in [-0.2, -0.15) is 0 Å². The molecular weight excluding hydrogens is 226 g/mol. The van der Waals surface area contributed by atoms with Gasteiger partial charge in [-0.05, 0) is 19.3 Å². The molecule has 0 aliphatic carbocycles. The molecule has 0 saturated carbocycles. The molecule has 0 aromatic rings. The second kappa shape index (κ2) is 6.19. The quantitative estimate of drug-likeness (QED) is 0.430. The van der Waals surface area contributed by atoms with Gasteiger partial charge in [-0.25, -0.2) is 4.79 Å². The normalized spacial score (nSPS) is 16.3. The molecule has 96 valence electrons. The molecule has 1 saturated heterocycles. The van der Waals surface area contributed by atoms with Gasteiger partial charge in [-0.15, -0.1) is 0 Å². The number of carbonyl (C=O) groups excluding carboxylic acids is 2. The number of imide groups is 1. The molecule has 1 fully saturated rings. The Morgan fingerprint density at radius 1 is 1.47 bits per heavy atom. The maximum Gasteiger partial charge on any atom is 0.324 e. The average molecular weight is 243 g/mol. The summed E-state index contributed by atoms with van der Waals surface area (Å²) in [6, 6.07) is -1.22. The Morgan fingerprint density at radius 3 is 2.65 bits per heavy atom. The van der Waals surface area contributed by atoms with Gasteiger partial charge in [0.15, 0.2) is 0 Å². The Labute approximate surface area is 98.9 Å². The molecular formula is C10H17N3O4. The van der Waals surface area contributed by atoms with Crippen molar-refractivity contribution >= 4 is 17.9 Å². The number of amides is 3. The van der Waals surface area contributed by atoms with Gasteiger partial charge in [0.05, 0.1) is 0 Å². The van der Waals surface area contributed by atoms with E-state index in [1.165, 1.54) is 0 Å². The number of urea groups is 1. The Morgan fingerprint density at radius 2 is 2.18 bits per heavy atom. The summed E-state index contributed by atoms with van der Waals surface area (Å²) >= 11 is 0. The molecule has 0 aromatic heterocycles. The van der Waals surface area contributed by atoms with E-state index in [0.29, 0.717) is 38.8 Å². The molecule has 0 unspecified atom stereocenters. The van der Waals surface area contributed by atoms with Gasteiger partial charge in [0.25, 0.3) is 0 Å². The smallest absolute Gasteiger partial charge is 0.324 e. The van der Waals surface area contributed by atoms with E-state index in [1.807, 2.05) is 0 Å². The highest BCUT2D eigenvalue weighted by Gasteiger charge is 2.29. The molecule has 1 aliphatic heterocycles. The Bertz CT molecular complexity index is 319. The van der Waals surface area contributed by atoms with Crippen LogP contribution < -0.4 is 11.1 Å². The van der Waals surface area contributed by atoms with Crippen molar-refractivity contribution in [1.82, 2.24) is 10.2 Å². The van der Waals surface area contributed by atoms with Crippen LogP contribution in [0.25, 0.3) is 0 Å². The number of nitrogens with two attached hydrogens (primary N) is 1. The van der Waals surface area contributed by atoms with E-state index in [0.717, 1.165) is 4.90 Å². The number of likely N-dealkylation sites (tertiary alicyclic amines) is 1. The highest BCUT2D eigenvalue weighted by molar-refractivity contribution is 5.98. The van der Waals surface area contributed by atoms with E-state index in [2.05, 4.69) is 5.32 Å². The van der Waals surface area contributed by atoms with Crippen LogP contribution in [-0.4, -0.2) is 47.0 Å². The molecule has 1 aliphatic rings. The molecule has 3 amide bonds. The van der Waals surface area contributed by atoms with Crippen molar-refractivity contribution in [1.29, 1.82) is 0 Å². The summed E-state index contributed by atoms with van der Waals surface area (Å²) in [7, 11) is 0. The van der Waals surface area contributed by atoms with Gasteiger partial charge in [-0.1, -0.05) is 0 Å². The maximum absolute atomic E-state index is 11.3. The predicted molar refractivity (Wildman–Crippen MR) is 59.2 cm³/mol. The summed E-state index contributed by atoms with van der Waals surface area (Å²) in [6.07, 6.45) is 2.09. The Hall–Kier alpha value is -1.63. The summed E-state index contributed by atoms with van der Waals surface area (Å²) in [6.45, 7) is 0.906. The monoisotopic (exact) mass is 243 g/mol. The number of rotatable bonds is 6. The van der Waals surface area contributed by atoms with Crippen LogP contribution in [0.4, 0.5) is 4.79 Å². The van der Waals surface area contributed by atoms with E-state index in [9.17, 15) is 14.4 Å². The van der Waals surface area contributed by atoms with Crippen LogP contribution >= 0.6 is 0 Å². The van der Waals surface area contributed by atoms with Crippen LogP contribution in [0.15, 0.2) is 0 Å². The van der Waals surface area contributed by atoms with E-state index in [4.69, 9.17) is 10.8 Å². The molecule has 1 rings (SSSR count). The third-order valence-electron chi connectivity index (χ3n) is 2.63. The van der Waals surface area contributed by atoms with Crippen molar-refractivity contribution in [3.8, 4) is 0 Å². The molecule has 7 nitrogen and oxygen atoms in total. The standard InChI is InChI=1S/C10H17N3O4/c11-7(9(15)16)3-1-2-5-12-10(17)13-6-4-8(13)14/h7H,1-6,11H2,(H,12,17)(H,15,16)/t7-/m0/s1. The molecule has 4 N–H and O–H groups in total. The van der Waals surface area contributed by atoms with E-state index < -0.39 is 12.0 Å². The number of nitrogens with zero attached hydrogens (tertiary/aromatic N) is 1. The minimum absolute atomic E-state index is 0.157. The summed E-state index contributed by atoms with van der Waals surface area (Å²) in [5.74, 6) is -1.17. The number of carboxylic acid groups (broad SMARTS) is 1. The van der Waals surface area contributed by atoms with Gasteiger partial charge < -0.3 is 16.2 Å². The van der Waals surface area contributed by atoms with Gasteiger partial charge >= 0.3 is 12.0 Å². The summed E-state index contributed by atoms with van der Waals surface area (Å²) in [4.78, 5) is 33.8. The second-order valence-electron chi connectivity index (χ2n) is 3.97. The van der Waals surface area contributed by atoms with Crippen LogP contribution in [0.2, 0.25) is 0 Å². The fraction of sp³-hybridized carbons (Fsp3) is 0.700. The molecule has 0 bridgehead atoms. The number of hydrogen-bond donors (Lipinski definition) is 3. The first-order valence-electron chi connectivity index (χ1n) is 5.59. The first-order chi connectivity index (χ1) is 8.02. The Kier molecular flexibility index (Phi) is 4.89. The largest absolute Gasteiger partial charge is 0.480 e. The van der Waals surface area contributed by atoms with Crippen LogP contribution in [0.3, 0.4) is 0 Å². The van der Waals surface area contributed by atoms with Gasteiger partial charge in [0, 0.05) is 19.5 Å².